The van der Waals surface area contributed by atoms with Gasteiger partial charge in [0.1, 0.15) is 0 Å². The molecule has 1 atom stereocenters. The van der Waals surface area contributed by atoms with Crippen molar-refractivity contribution in [1.29, 1.82) is 0 Å². The van der Waals surface area contributed by atoms with Gasteiger partial charge in [-0.1, -0.05) is 37.3 Å². The van der Waals surface area contributed by atoms with Gasteiger partial charge in [-0.15, -0.1) is 0 Å². The third kappa shape index (κ3) is 4.55. The standard InChI is InChI=1S/C17H20O5/c1-4-17(3,15(19)21-5-2)16(20)22-14(18)12-11-13-9-7-6-8-10-13/h6-12H,4-5H2,1-3H3. The summed E-state index contributed by atoms with van der Waals surface area (Å²) in [7, 11) is 0. The minimum Gasteiger partial charge on any atom is -0.465 e. The summed E-state index contributed by atoms with van der Waals surface area (Å²) in [6.07, 6.45) is 2.86. The van der Waals surface area contributed by atoms with Crippen molar-refractivity contribution in [1.82, 2.24) is 0 Å². The highest BCUT2D eigenvalue weighted by atomic mass is 16.6. The van der Waals surface area contributed by atoms with E-state index < -0.39 is 23.3 Å². The summed E-state index contributed by atoms with van der Waals surface area (Å²) in [6.45, 7) is 4.86. The summed E-state index contributed by atoms with van der Waals surface area (Å²) in [5.74, 6) is -2.42. The first-order chi connectivity index (χ1) is 10.4. The van der Waals surface area contributed by atoms with Gasteiger partial charge in [-0.3, -0.25) is 9.59 Å². The van der Waals surface area contributed by atoms with Crippen molar-refractivity contribution >= 4 is 24.0 Å². The largest absolute Gasteiger partial charge is 0.465 e. The molecule has 0 bridgehead atoms. The third-order valence-corrected chi connectivity index (χ3v) is 3.29. The molecule has 0 radical (unpaired) electrons. The highest BCUT2D eigenvalue weighted by molar-refractivity contribution is 6.05. The summed E-state index contributed by atoms with van der Waals surface area (Å²) < 4.78 is 9.59. The number of carbonyl (C=O) groups is 3. The Balaban J connectivity index is 2.72. The Morgan fingerprint density at radius 3 is 2.27 bits per heavy atom. The lowest BCUT2D eigenvalue weighted by molar-refractivity contribution is -0.173. The van der Waals surface area contributed by atoms with Crippen LogP contribution in [0.25, 0.3) is 6.08 Å². The molecule has 0 amide bonds. The van der Waals surface area contributed by atoms with E-state index in [1.807, 2.05) is 18.2 Å². The number of ether oxygens (including phenoxy) is 2. The molecule has 1 aromatic carbocycles. The lowest BCUT2D eigenvalue weighted by Crippen LogP contribution is -2.39. The van der Waals surface area contributed by atoms with E-state index in [9.17, 15) is 14.4 Å². The summed E-state index contributed by atoms with van der Waals surface area (Å²) in [6, 6.07) is 9.11. The molecule has 0 saturated heterocycles. The Hall–Kier alpha value is -2.43. The van der Waals surface area contributed by atoms with E-state index in [2.05, 4.69) is 0 Å². The summed E-state index contributed by atoms with van der Waals surface area (Å²) in [5, 5.41) is 0. The van der Waals surface area contributed by atoms with Crippen LogP contribution in [-0.4, -0.2) is 24.5 Å². The van der Waals surface area contributed by atoms with Crippen molar-refractivity contribution in [3.8, 4) is 0 Å². The molecule has 0 aliphatic rings. The minimum absolute atomic E-state index is 0.156. The van der Waals surface area contributed by atoms with Gasteiger partial charge >= 0.3 is 17.9 Å². The maximum Gasteiger partial charge on any atom is 0.338 e. The van der Waals surface area contributed by atoms with Crippen LogP contribution in [0.3, 0.4) is 0 Å². The van der Waals surface area contributed by atoms with Crippen molar-refractivity contribution in [3.63, 3.8) is 0 Å². The van der Waals surface area contributed by atoms with Gasteiger partial charge in [0.25, 0.3) is 0 Å². The van der Waals surface area contributed by atoms with Crippen LogP contribution >= 0.6 is 0 Å². The van der Waals surface area contributed by atoms with Crippen molar-refractivity contribution in [2.45, 2.75) is 27.2 Å². The molecule has 22 heavy (non-hydrogen) atoms. The lowest BCUT2D eigenvalue weighted by Gasteiger charge is -2.22. The van der Waals surface area contributed by atoms with Crippen LogP contribution in [0.5, 0.6) is 0 Å². The summed E-state index contributed by atoms with van der Waals surface area (Å²) >= 11 is 0. The zero-order valence-corrected chi connectivity index (χ0v) is 13.0. The molecule has 118 valence electrons. The zero-order chi connectivity index (χ0) is 16.6. The van der Waals surface area contributed by atoms with E-state index in [4.69, 9.17) is 9.47 Å². The maximum absolute atomic E-state index is 12.1. The van der Waals surface area contributed by atoms with Gasteiger partial charge in [-0.05, 0) is 31.9 Å². The van der Waals surface area contributed by atoms with E-state index >= 15 is 0 Å². The van der Waals surface area contributed by atoms with Gasteiger partial charge in [-0.2, -0.15) is 0 Å². The normalized spacial score (nSPS) is 13.4. The van der Waals surface area contributed by atoms with Gasteiger partial charge in [0.15, 0.2) is 5.41 Å². The van der Waals surface area contributed by atoms with Crippen LogP contribution in [0.2, 0.25) is 0 Å². The predicted molar refractivity (Wildman–Crippen MR) is 81.6 cm³/mol. The first-order valence-corrected chi connectivity index (χ1v) is 7.10. The molecular weight excluding hydrogens is 284 g/mol. The molecule has 1 rings (SSSR count). The van der Waals surface area contributed by atoms with Gasteiger partial charge in [0, 0.05) is 6.08 Å². The third-order valence-electron chi connectivity index (χ3n) is 3.29. The fraction of sp³-hybridized carbons (Fsp3) is 0.353. The summed E-state index contributed by atoms with van der Waals surface area (Å²) in [5.41, 5.74) is -0.678. The fourth-order valence-electron chi connectivity index (χ4n) is 1.63. The molecule has 0 heterocycles. The van der Waals surface area contributed by atoms with Crippen molar-refractivity contribution in [2.75, 3.05) is 6.61 Å². The highest BCUT2D eigenvalue weighted by Crippen LogP contribution is 2.25. The lowest BCUT2D eigenvalue weighted by atomic mass is 9.88. The quantitative estimate of drug-likeness (QED) is 0.459. The Labute approximate surface area is 129 Å². The Bertz CT molecular complexity index is 562. The van der Waals surface area contributed by atoms with Crippen molar-refractivity contribution < 1.29 is 23.9 Å². The number of hydrogen-bond donors (Lipinski definition) is 0. The Morgan fingerprint density at radius 1 is 1.09 bits per heavy atom. The average Bonchev–Trinajstić information content (AvgIpc) is 2.53. The molecule has 5 heteroatoms. The van der Waals surface area contributed by atoms with Gasteiger partial charge in [0.2, 0.25) is 0 Å². The van der Waals surface area contributed by atoms with E-state index in [-0.39, 0.29) is 13.0 Å². The first-order valence-electron chi connectivity index (χ1n) is 7.10. The predicted octanol–water partition coefficient (Wildman–Crippen LogP) is 2.75. The topological polar surface area (TPSA) is 69.7 Å². The Morgan fingerprint density at radius 2 is 1.73 bits per heavy atom. The maximum atomic E-state index is 12.1. The van der Waals surface area contributed by atoms with E-state index in [1.54, 1.807) is 26.0 Å². The average molecular weight is 304 g/mol. The number of esters is 3. The molecule has 0 fully saturated rings. The number of carbonyl (C=O) groups excluding carboxylic acids is 3. The SMILES string of the molecule is CCOC(=O)C(C)(CC)C(=O)OC(=O)C=Cc1ccccc1. The van der Waals surface area contributed by atoms with Crippen molar-refractivity contribution in [3.05, 3.63) is 42.0 Å². The molecule has 1 aromatic rings. The van der Waals surface area contributed by atoms with Gasteiger partial charge in [0.05, 0.1) is 6.61 Å². The second-order valence-electron chi connectivity index (χ2n) is 4.86. The molecule has 0 aliphatic carbocycles. The van der Waals surface area contributed by atoms with Gasteiger partial charge < -0.3 is 9.47 Å². The summed E-state index contributed by atoms with van der Waals surface area (Å²) in [4.78, 5) is 35.6. The smallest absolute Gasteiger partial charge is 0.338 e. The van der Waals surface area contributed by atoms with Crippen LogP contribution in [0, 0.1) is 5.41 Å². The molecule has 0 spiro atoms. The number of benzene rings is 1. The van der Waals surface area contributed by atoms with Crippen LogP contribution < -0.4 is 0 Å². The number of hydrogen-bond acceptors (Lipinski definition) is 5. The highest BCUT2D eigenvalue weighted by Gasteiger charge is 2.43. The van der Waals surface area contributed by atoms with Crippen LogP contribution in [0.1, 0.15) is 32.8 Å². The van der Waals surface area contributed by atoms with E-state index in [1.165, 1.54) is 13.0 Å². The fourth-order valence-corrected chi connectivity index (χ4v) is 1.63. The van der Waals surface area contributed by atoms with E-state index in [0.29, 0.717) is 0 Å². The first kappa shape index (κ1) is 17.6. The molecule has 0 N–H and O–H groups in total. The second kappa shape index (κ2) is 8.12. The van der Waals surface area contributed by atoms with Crippen LogP contribution in [-0.2, 0) is 23.9 Å². The van der Waals surface area contributed by atoms with Crippen LogP contribution in [0.4, 0.5) is 0 Å². The molecule has 0 aliphatic heterocycles. The molecule has 5 nitrogen and oxygen atoms in total. The van der Waals surface area contributed by atoms with E-state index in [0.717, 1.165) is 11.6 Å². The van der Waals surface area contributed by atoms with Gasteiger partial charge in [-0.25, -0.2) is 4.79 Å². The number of rotatable bonds is 6. The molecular formula is C17H20O5. The second-order valence-corrected chi connectivity index (χ2v) is 4.86. The molecule has 0 aromatic heterocycles. The Kier molecular flexibility index (Phi) is 6.50. The molecule has 0 saturated carbocycles. The minimum atomic E-state index is -1.48. The van der Waals surface area contributed by atoms with Crippen LogP contribution in [0.15, 0.2) is 36.4 Å². The monoisotopic (exact) mass is 304 g/mol. The molecule has 1 unspecified atom stereocenters. The van der Waals surface area contributed by atoms with Crippen molar-refractivity contribution in [2.24, 2.45) is 5.41 Å². The zero-order valence-electron chi connectivity index (χ0n) is 13.0.